The molecular formula is C15H14Cl2N2. The fourth-order valence-electron chi connectivity index (χ4n) is 2.49. The van der Waals surface area contributed by atoms with E-state index in [4.69, 9.17) is 28.9 Å². The molecule has 1 aliphatic heterocycles. The Morgan fingerprint density at radius 1 is 1.00 bits per heavy atom. The molecule has 0 aromatic heterocycles. The van der Waals surface area contributed by atoms with Gasteiger partial charge in [-0.2, -0.15) is 0 Å². The van der Waals surface area contributed by atoms with Gasteiger partial charge in [0.05, 0.1) is 0 Å². The smallest absolute Gasteiger partial charge is 0.0465 e. The first kappa shape index (κ1) is 12.8. The summed E-state index contributed by atoms with van der Waals surface area (Å²) in [7, 11) is 0. The van der Waals surface area contributed by atoms with E-state index in [0.717, 1.165) is 35.9 Å². The normalized spacial score (nSPS) is 14.6. The van der Waals surface area contributed by atoms with Crippen LogP contribution in [0.25, 0.3) is 0 Å². The molecule has 19 heavy (non-hydrogen) atoms. The van der Waals surface area contributed by atoms with Crippen LogP contribution in [-0.4, -0.2) is 4.90 Å². The fourth-order valence-corrected chi connectivity index (χ4v) is 2.96. The number of nitrogens with two attached hydrogens (primary N) is 1. The third kappa shape index (κ3) is 2.71. The molecule has 0 saturated carbocycles. The highest BCUT2D eigenvalue weighted by Crippen LogP contribution is 2.28. The average Bonchev–Trinajstić information content (AvgIpc) is 2.74. The minimum Gasteiger partial charge on any atom is -0.399 e. The van der Waals surface area contributed by atoms with E-state index in [1.807, 2.05) is 18.2 Å². The van der Waals surface area contributed by atoms with Gasteiger partial charge in [-0.15, -0.1) is 0 Å². The van der Waals surface area contributed by atoms with E-state index in [2.05, 4.69) is 17.0 Å². The van der Waals surface area contributed by atoms with Crippen LogP contribution in [0.4, 0.5) is 5.69 Å². The van der Waals surface area contributed by atoms with E-state index in [0.29, 0.717) is 5.02 Å². The number of hydrogen-bond acceptors (Lipinski definition) is 2. The maximum atomic E-state index is 6.21. The summed E-state index contributed by atoms with van der Waals surface area (Å²) in [4.78, 5) is 2.35. The van der Waals surface area contributed by atoms with Gasteiger partial charge in [0.2, 0.25) is 0 Å². The molecule has 0 atom stereocenters. The van der Waals surface area contributed by atoms with Gasteiger partial charge in [-0.25, -0.2) is 0 Å². The molecule has 2 aromatic carbocycles. The molecule has 1 aliphatic rings. The van der Waals surface area contributed by atoms with Crippen molar-refractivity contribution in [3.63, 3.8) is 0 Å². The Morgan fingerprint density at radius 2 is 1.79 bits per heavy atom. The minimum atomic E-state index is 0.672. The standard InChI is InChI=1S/C15H14Cl2N2/c16-13-3-1-11(15(17)6-13)8-19-7-10-2-4-14(18)5-12(10)9-19/h1-6H,7-9,18H2. The van der Waals surface area contributed by atoms with Crippen molar-refractivity contribution in [2.24, 2.45) is 0 Å². The van der Waals surface area contributed by atoms with E-state index in [1.54, 1.807) is 6.07 Å². The molecule has 0 saturated heterocycles. The fraction of sp³-hybridized carbons (Fsp3) is 0.200. The van der Waals surface area contributed by atoms with Crippen molar-refractivity contribution >= 4 is 28.9 Å². The molecule has 0 unspecified atom stereocenters. The summed E-state index contributed by atoms with van der Waals surface area (Å²) < 4.78 is 0. The van der Waals surface area contributed by atoms with Gasteiger partial charge in [-0.1, -0.05) is 35.3 Å². The molecule has 0 aliphatic carbocycles. The Bertz CT molecular complexity index is 626. The molecule has 1 heterocycles. The second-order valence-electron chi connectivity index (χ2n) is 4.91. The van der Waals surface area contributed by atoms with Gasteiger partial charge < -0.3 is 5.73 Å². The maximum Gasteiger partial charge on any atom is 0.0465 e. The summed E-state index contributed by atoms with van der Waals surface area (Å²) in [6.07, 6.45) is 0. The van der Waals surface area contributed by atoms with Crippen molar-refractivity contribution in [1.29, 1.82) is 0 Å². The van der Waals surface area contributed by atoms with Crippen LogP contribution >= 0.6 is 23.2 Å². The molecule has 4 heteroatoms. The lowest BCUT2D eigenvalue weighted by Crippen LogP contribution is -2.15. The average molecular weight is 293 g/mol. The molecule has 0 fully saturated rings. The van der Waals surface area contributed by atoms with Gasteiger partial charge >= 0.3 is 0 Å². The van der Waals surface area contributed by atoms with Crippen molar-refractivity contribution in [3.8, 4) is 0 Å². The van der Waals surface area contributed by atoms with Crippen LogP contribution in [0.2, 0.25) is 10.0 Å². The van der Waals surface area contributed by atoms with Crippen molar-refractivity contribution < 1.29 is 0 Å². The topological polar surface area (TPSA) is 29.3 Å². The first-order valence-corrected chi connectivity index (χ1v) is 6.91. The quantitative estimate of drug-likeness (QED) is 0.845. The summed E-state index contributed by atoms with van der Waals surface area (Å²) >= 11 is 12.1. The Balaban J connectivity index is 1.77. The molecule has 2 aromatic rings. The first-order chi connectivity index (χ1) is 9.11. The second kappa shape index (κ2) is 5.04. The summed E-state index contributed by atoms with van der Waals surface area (Å²) in [6, 6.07) is 11.8. The summed E-state index contributed by atoms with van der Waals surface area (Å²) in [5, 5.41) is 1.40. The Hall–Kier alpha value is -1.22. The SMILES string of the molecule is Nc1ccc2c(c1)CN(Cc1ccc(Cl)cc1Cl)C2. The molecule has 2 nitrogen and oxygen atoms in total. The molecule has 0 bridgehead atoms. The van der Waals surface area contributed by atoms with E-state index in [1.165, 1.54) is 11.1 Å². The first-order valence-electron chi connectivity index (χ1n) is 6.15. The highest BCUT2D eigenvalue weighted by Gasteiger charge is 2.19. The van der Waals surface area contributed by atoms with Gasteiger partial charge in [-0.3, -0.25) is 4.90 Å². The lowest BCUT2D eigenvalue weighted by molar-refractivity contribution is 0.275. The molecule has 0 amide bonds. The lowest BCUT2D eigenvalue weighted by atomic mass is 10.1. The summed E-state index contributed by atoms with van der Waals surface area (Å²) in [5.74, 6) is 0. The van der Waals surface area contributed by atoms with Crippen molar-refractivity contribution in [1.82, 2.24) is 4.90 Å². The number of benzene rings is 2. The molecule has 0 radical (unpaired) electrons. The van der Waals surface area contributed by atoms with Gasteiger partial charge in [0, 0.05) is 35.4 Å². The number of rotatable bonds is 2. The van der Waals surface area contributed by atoms with E-state index >= 15 is 0 Å². The number of halogens is 2. The van der Waals surface area contributed by atoms with Crippen LogP contribution in [-0.2, 0) is 19.6 Å². The molecule has 98 valence electrons. The van der Waals surface area contributed by atoms with E-state index in [-0.39, 0.29) is 0 Å². The highest BCUT2D eigenvalue weighted by molar-refractivity contribution is 6.35. The van der Waals surface area contributed by atoms with Gasteiger partial charge in [0.1, 0.15) is 0 Å². The van der Waals surface area contributed by atoms with Crippen LogP contribution < -0.4 is 5.73 Å². The van der Waals surface area contributed by atoms with Gasteiger partial charge in [0.15, 0.2) is 0 Å². The predicted octanol–water partition coefficient (Wildman–Crippen LogP) is 4.09. The third-order valence-corrected chi connectivity index (χ3v) is 4.01. The molecule has 0 spiro atoms. The zero-order chi connectivity index (χ0) is 13.4. The number of anilines is 1. The van der Waals surface area contributed by atoms with Crippen molar-refractivity contribution in [2.45, 2.75) is 19.6 Å². The van der Waals surface area contributed by atoms with Crippen LogP contribution in [0.5, 0.6) is 0 Å². The van der Waals surface area contributed by atoms with E-state index in [9.17, 15) is 0 Å². The van der Waals surface area contributed by atoms with Crippen LogP contribution in [0.15, 0.2) is 36.4 Å². The minimum absolute atomic E-state index is 0.672. The third-order valence-electron chi connectivity index (χ3n) is 3.43. The zero-order valence-electron chi connectivity index (χ0n) is 10.4. The highest BCUT2D eigenvalue weighted by atomic mass is 35.5. The summed E-state index contributed by atoms with van der Waals surface area (Å²) in [5.41, 5.74) is 10.4. The number of hydrogen-bond donors (Lipinski definition) is 1. The number of fused-ring (bicyclic) bond motifs is 1. The maximum absolute atomic E-state index is 6.21. The monoisotopic (exact) mass is 292 g/mol. The largest absolute Gasteiger partial charge is 0.399 e. The second-order valence-corrected chi connectivity index (χ2v) is 5.75. The zero-order valence-corrected chi connectivity index (χ0v) is 11.9. The van der Waals surface area contributed by atoms with Crippen LogP contribution in [0.1, 0.15) is 16.7 Å². The predicted molar refractivity (Wildman–Crippen MR) is 80.3 cm³/mol. The van der Waals surface area contributed by atoms with Crippen LogP contribution in [0.3, 0.4) is 0 Å². The number of nitrogen functional groups attached to an aromatic ring is 1. The van der Waals surface area contributed by atoms with Crippen molar-refractivity contribution in [3.05, 3.63) is 63.1 Å². The molecular weight excluding hydrogens is 279 g/mol. The Kier molecular flexibility index (Phi) is 3.40. The van der Waals surface area contributed by atoms with Crippen LogP contribution in [0, 0.1) is 0 Å². The van der Waals surface area contributed by atoms with Crippen molar-refractivity contribution in [2.75, 3.05) is 5.73 Å². The number of nitrogens with zero attached hydrogens (tertiary/aromatic N) is 1. The molecule has 3 rings (SSSR count). The van der Waals surface area contributed by atoms with Gasteiger partial charge in [-0.05, 0) is 41.0 Å². The van der Waals surface area contributed by atoms with Gasteiger partial charge in [0.25, 0.3) is 0 Å². The van der Waals surface area contributed by atoms with E-state index < -0.39 is 0 Å². The Labute approximate surface area is 122 Å². The Morgan fingerprint density at radius 3 is 2.58 bits per heavy atom. The summed E-state index contributed by atoms with van der Waals surface area (Å²) in [6.45, 7) is 2.68. The lowest BCUT2D eigenvalue weighted by Gasteiger charge is -2.15. The molecule has 2 N–H and O–H groups in total.